The Hall–Kier alpha value is -1.84. The lowest BCUT2D eigenvalue weighted by Gasteiger charge is -2.05. The molecule has 0 radical (unpaired) electrons. The molecule has 0 heterocycles. The molecule has 1 aromatic carbocycles. The molecule has 0 fully saturated rings. The number of hydrogen-bond donors (Lipinski definition) is 2. The first-order valence-corrected chi connectivity index (χ1v) is 5.84. The molecule has 1 aromatic rings. The van der Waals surface area contributed by atoms with Crippen molar-refractivity contribution < 1.29 is 9.59 Å². The van der Waals surface area contributed by atoms with Gasteiger partial charge >= 0.3 is 11.8 Å². The Morgan fingerprint density at radius 2 is 1.59 bits per heavy atom. The minimum atomic E-state index is -0.561. The number of nitrogens with one attached hydrogen (secondary N) is 2. The third-order valence-electron chi connectivity index (χ3n) is 2.28. The molecule has 0 saturated heterocycles. The van der Waals surface area contributed by atoms with E-state index >= 15 is 0 Å². The van der Waals surface area contributed by atoms with E-state index in [4.69, 9.17) is 0 Å². The SMILES string of the molecule is CCCNC(=O)C(=O)NCCc1ccccc1. The molecule has 0 aliphatic heterocycles. The van der Waals surface area contributed by atoms with Crippen LogP contribution in [0.4, 0.5) is 0 Å². The molecule has 0 aliphatic carbocycles. The summed E-state index contributed by atoms with van der Waals surface area (Å²) in [5.74, 6) is -1.12. The lowest BCUT2D eigenvalue weighted by Crippen LogP contribution is -2.40. The van der Waals surface area contributed by atoms with E-state index in [-0.39, 0.29) is 0 Å². The molecule has 4 heteroatoms. The van der Waals surface area contributed by atoms with Gasteiger partial charge in [0.2, 0.25) is 0 Å². The predicted molar refractivity (Wildman–Crippen MR) is 66.5 cm³/mol. The average Bonchev–Trinajstić information content (AvgIpc) is 2.37. The summed E-state index contributed by atoms with van der Waals surface area (Å²) < 4.78 is 0. The molecule has 0 unspecified atom stereocenters. The predicted octanol–water partition coefficient (Wildman–Crippen LogP) is 0.871. The van der Waals surface area contributed by atoms with Gasteiger partial charge < -0.3 is 10.6 Å². The molecule has 0 spiro atoms. The van der Waals surface area contributed by atoms with Gasteiger partial charge in [0.25, 0.3) is 0 Å². The van der Waals surface area contributed by atoms with Crippen LogP contribution in [0.5, 0.6) is 0 Å². The lowest BCUT2D eigenvalue weighted by molar-refractivity contribution is -0.139. The number of rotatable bonds is 5. The van der Waals surface area contributed by atoms with Crippen molar-refractivity contribution in [2.24, 2.45) is 0 Å². The van der Waals surface area contributed by atoms with Gasteiger partial charge in [0.05, 0.1) is 0 Å². The lowest BCUT2D eigenvalue weighted by atomic mass is 10.1. The van der Waals surface area contributed by atoms with Gasteiger partial charge in [-0.1, -0.05) is 37.3 Å². The van der Waals surface area contributed by atoms with Gasteiger partial charge in [-0.25, -0.2) is 0 Å². The van der Waals surface area contributed by atoms with Crippen LogP contribution in [-0.4, -0.2) is 24.9 Å². The van der Waals surface area contributed by atoms with E-state index in [1.54, 1.807) is 0 Å². The minimum Gasteiger partial charge on any atom is -0.348 e. The van der Waals surface area contributed by atoms with Gasteiger partial charge in [0.1, 0.15) is 0 Å². The molecule has 0 bridgehead atoms. The van der Waals surface area contributed by atoms with Gasteiger partial charge in [-0.05, 0) is 18.4 Å². The maximum absolute atomic E-state index is 11.3. The highest BCUT2D eigenvalue weighted by Gasteiger charge is 2.10. The maximum atomic E-state index is 11.3. The fourth-order valence-electron chi connectivity index (χ4n) is 1.36. The highest BCUT2D eigenvalue weighted by atomic mass is 16.2. The Morgan fingerprint density at radius 1 is 1.00 bits per heavy atom. The van der Waals surface area contributed by atoms with Crippen LogP contribution in [-0.2, 0) is 16.0 Å². The monoisotopic (exact) mass is 234 g/mol. The first-order valence-electron chi connectivity index (χ1n) is 5.84. The topological polar surface area (TPSA) is 58.2 Å². The molecule has 0 atom stereocenters. The van der Waals surface area contributed by atoms with Gasteiger partial charge in [-0.2, -0.15) is 0 Å². The average molecular weight is 234 g/mol. The van der Waals surface area contributed by atoms with Crippen molar-refractivity contribution in [3.63, 3.8) is 0 Å². The summed E-state index contributed by atoms with van der Waals surface area (Å²) in [6.45, 7) is 2.95. The Bertz CT molecular complexity index is 363. The Kier molecular flexibility index (Phi) is 5.79. The standard InChI is InChI=1S/C13H18N2O2/c1-2-9-14-12(16)13(17)15-10-8-11-6-4-3-5-7-11/h3-7H,2,8-10H2,1H3,(H,14,16)(H,15,17). The summed E-state index contributed by atoms with van der Waals surface area (Å²) in [5, 5.41) is 5.12. The quantitative estimate of drug-likeness (QED) is 0.743. The van der Waals surface area contributed by atoms with Crippen LogP contribution in [0, 0.1) is 0 Å². The number of carbonyl (C=O) groups excluding carboxylic acids is 2. The fraction of sp³-hybridized carbons (Fsp3) is 0.385. The molecular weight excluding hydrogens is 216 g/mol. The molecule has 4 nitrogen and oxygen atoms in total. The zero-order valence-corrected chi connectivity index (χ0v) is 10.0. The molecule has 2 N–H and O–H groups in total. The summed E-state index contributed by atoms with van der Waals surface area (Å²) in [6, 6.07) is 9.82. The van der Waals surface area contributed by atoms with Gasteiger partial charge in [-0.15, -0.1) is 0 Å². The highest BCUT2D eigenvalue weighted by Crippen LogP contribution is 1.97. The van der Waals surface area contributed by atoms with Crippen molar-refractivity contribution in [1.82, 2.24) is 10.6 Å². The molecule has 0 aliphatic rings. The molecule has 1 rings (SSSR count). The minimum absolute atomic E-state index is 0.475. The Morgan fingerprint density at radius 3 is 2.18 bits per heavy atom. The number of carbonyl (C=O) groups is 2. The maximum Gasteiger partial charge on any atom is 0.309 e. The first kappa shape index (κ1) is 13.2. The van der Waals surface area contributed by atoms with E-state index in [1.165, 1.54) is 0 Å². The first-order chi connectivity index (χ1) is 8.24. The van der Waals surface area contributed by atoms with Crippen LogP contribution < -0.4 is 10.6 Å². The van der Waals surface area contributed by atoms with Crippen molar-refractivity contribution in [3.05, 3.63) is 35.9 Å². The summed E-state index contributed by atoms with van der Waals surface area (Å²) in [4.78, 5) is 22.5. The normalized spacial score (nSPS) is 9.71. The number of amides is 2. The molecule has 17 heavy (non-hydrogen) atoms. The van der Waals surface area contributed by atoms with Gasteiger partial charge in [0.15, 0.2) is 0 Å². The number of benzene rings is 1. The molecule has 2 amide bonds. The van der Waals surface area contributed by atoms with E-state index in [2.05, 4.69) is 10.6 Å². The summed E-state index contributed by atoms with van der Waals surface area (Å²) >= 11 is 0. The van der Waals surface area contributed by atoms with E-state index in [0.29, 0.717) is 13.1 Å². The van der Waals surface area contributed by atoms with Gasteiger partial charge in [0, 0.05) is 13.1 Å². The summed E-state index contributed by atoms with van der Waals surface area (Å²) in [5.41, 5.74) is 1.14. The highest BCUT2D eigenvalue weighted by molar-refractivity contribution is 6.35. The summed E-state index contributed by atoms with van der Waals surface area (Å²) in [7, 11) is 0. The zero-order valence-electron chi connectivity index (χ0n) is 10.0. The smallest absolute Gasteiger partial charge is 0.309 e. The Labute approximate surface area is 101 Å². The summed E-state index contributed by atoms with van der Waals surface area (Å²) in [6.07, 6.45) is 1.55. The van der Waals surface area contributed by atoms with Crippen LogP contribution in [0.15, 0.2) is 30.3 Å². The largest absolute Gasteiger partial charge is 0.348 e. The molecule has 0 aromatic heterocycles. The number of hydrogen-bond acceptors (Lipinski definition) is 2. The molecule has 92 valence electrons. The van der Waals surface area contributed by atoms with Crippen molar-refractivity contribution in [3.8, 4) is 0 Å². The van der Waals surface area contributed by atoms with E-state index < -0.39 is 11.8 Å². The zero-order chi connectivity index (χ0) is 12.5. The van der Waals surface area contributed by atoms with Crippen LogP contribution in [0.1, 0.15) is 18.9 Å². The van der Waals surface area contributed by atoms with Crippen LogP contribution in [0.3, 0.4) is 0 Å². The van der Waals surface area contributed by atoms with Crippen molar-refractivity contribution in [2.45, 2.75) is 19.8 Å². The van der Waals surface area contributed by atoms with E-state index in [9.17, 15) is 9.59 Å². The van der Waals surface area contributed by atoms with Crippen LogP contribution in [0.25, 0.3) is 0 Å². The third kappa shape index (κ3) is 5.15. The second kappa shape index (κ2) is 7.44. The van der Waals surface area contributed by atoms with Crippen molar-refractivity contribution in [1.29, 1.82) is 0 Å². The van der Waals surface area contributed by atoms with Gasteiger partial charge in [-0.3, -0.25) is 9.59 Å². The van der Waals surface area contributed by atoms with E-state index in [1.807, 2.05) is 37.3 Å². The van der Waals surface area contributed by atoms with Crippen LogP contribution in [0.2, 0.25) is 0 Å². The third-order valence-corrected chi connectivity index (χ3v) is 2.28. The van der Waals surface area contributed by atoms with Crippen molar-refractivity contribution in [2.75, 3.05) is 13.1 Å². The second-order valence-electron chi connectivity index (χ2n) is 3.75. The Balaban J connectivity index is 2.22. The van der Waals surface area contributed by atoms with Crippen molar-refractivity contribution >= 4 is 11.8 Å². The molecular formula is C13H18N2O2. The van der Waals surface area contributed by atoms with E-state index in [0.717, 1.165) is 18.4 Å². The second-order valence-corrected chi connectivity index (χ2v) is 3.75. The molecule has 0 saturated carbocycles. The fourth-order valence-corrected chi connectivity index (χ4v) is 1.36. The van der Waals surface area contributed by atoms with Crippen LogP contribution >= 0.6 is 0 Å².